The van der Waals surface area contributed by atoms with Gasteiger partial charge in [0.2, 0.25) is 0 Å². The van der Waals surface area contributed by atoms with E-state index in [1.165, 1.54) is 5.69 Å². The van der Waals surface area contributed by atoms with Crippen LogP contribution in [0.3, 0.4) is 0 Å². The molecule has 0 bridgehead atoms. The lowest BCUT2D eigenvalue weighted by Gasteiger charge is -2.10. The van der Waals surface area contributed by atoms with Gasteiger partial charge in [-0.3, -0.25) is 0 Å². The van der Waals surface area contributed by atoms with E-state index >= 15 is 0 Å². The molecule has 1 aromatic rings. The molecule has 0 fully saturated rings. The van der Waals surface area contributed by atoms with Crippen molar-refractivity contribution in [2.24, 2.45) is 0 Å². The Balaban J connectivity index is 0.000000292. The predicted octanol–water partition coefficient (Wildman–Crippen LogP) is 2.74. The summed E-state index contributed by atoms with van der Waals surface area (Å²) in [4.78, 5) is 11.9. The van der Waals surface area contributed by atoms with Gasteiger partial charge in [0.1, 0.15) is 5.78 Å². The van der Waals surface area contributed by atoms with Crippen molar-refractivity contribution in [2.45, 2.75) is 20.3 Å². The molecule has 2 nitrogen and oxygen atoms in total. The van der Waals surface area contributed by atoms with Gasteiger partial charge in [0, 0.05) is 26.2 Å². The Morgan fingerprint density at radius 2 is 1.64 bits per heavy atom. The summed E-state index contributed by atoms with van der Waals surface area (Å²) in [5.41, 5.74) is 1.25. The number of rotatable bonds is 2. The fourth-order valence-corrected chi connectivity index (χ4v) is 0.726. The molecule has 0 saturated carbocycles. The molecule has 1 aromatic carbocycles. The summed E-state index contributed by atoms with van der Waals surface area (Å²) in [5, 5.41) is 0. The number of nitrogens with zero attached hydrogens (tertiary/aromatic N) is 1. The van der Waals surface area contributed by atoms with Crippen LogP contribution in [0.15, 0.2) is 30.3 Å². The Morgan fingerprint density at radius 1 is 1.21 bits per heavy atom. The first-order valence-corrected chi connectivity index (χ1v) is 4.79. The highest BCUT2D eigenvalue weighted by molar-refractivity contribution is 5.74. The van der Waals surface area contributed by atoms with E-state index in [4.69, 9.17) is 0 Å². The number of Topliss-reactive ketones (excluding diaryl/α,β-unsaturated/α-hetero) is 1. The van der Waals surface area contributed by atoms with Gasteiger partial charge in [-0.15, -0.1) is 0 Å². The molecule has 0 amide bonds. The van der Waals surface area contributed by atoms with E-state index in [9.17, 15) is 4.79 Å². The topological polar surface area (TPSA) is 20.3 Å². The number of hydrogen-bond acceptors (Lipinski definition) is 2. The molecule has 0 radical (unpaired) electrons. The number of hydrogen-bond donors (Lipinski definition) is 0. The van der Waals surface area contributed by atoms with Gasteiger partial charge in [0.25, 0.3) is 0 Å². The van der Waals surface area contributed by atoms with Gasteiger partial charge in [0.15, 0.2) is 0 Å². The minimum Gasteiger partial charge on any atom is -0.378 e. The SMILES string of the molecule is CCC(C)=O.CN(C)c1ccccc1. The maximum atomic E-state index is 9.81. The van der Waals surface area contributed by atoms with Crippen LogP contribution in [0.4, 0.5) is 5.69 Å². The van der Waals surface area contributed by atoms with Gasteiger partial charge in [-0.05, 0) is 19.1 Å². The van der Waals surface area contributed by atoms with Gasteiger partial charge in [0.05, 0.1) is 0 Å². The average molecular weight is 193 g/mol. The van der Waals surface area contributed by atoms with Crippen molar-refractivity contribution < 1.29 is 4.79 Å². The molecule has 78 valence electrons. The first-order valence-electron chi connectivity index (χ1n) is 4.79. The second-order valence-corrected chi connectivity index (χ2v) is 3.29. The molecule has 14 heavy (non-hydrogen) atoms. The zero-order chi connectivity index (χ0) is 11.0. The fraction of sp³-hybridized carbons (Fsp3) is 0.417. The summed E-state index contributed by atoms with van der Waals surface area (Å²) in [6, 6.07) is 10.3. The van der Waals surface area contributed by atoms with Crippen LogP contribution in [-0.4, -0.2) is 19.9 Å². The molecule has 2 heteroatoms. The maximum Gasteiger partial charge on any atom is 0.129 e. The molecule has 0 N–H and O–H groups in total. The second-order valence-electron chi connectivity index (χ2n) is 3.29. The van der Waals surface area contributed by atoms with E-state index in [-0.39, 0.29) is 5.78 Å². The molecule has 0 heterocycles. The number of anilines is 1. The number of benzene rings is 1. The van der Waals surface area contributed by atoms with Crippen molar-refractivity contribution >= 4 is 11.5 Å². The highest BCUT2D eigenvalue weighted by Gasteiger charge is 1.87. The van der Waals surface area contributed by atoms with Gasteiger partial charge in [-0.2, -0.15) is 0 Å². The van der Waals surface area contributed by atoms with Crippen LogP contribution in [0.5, 0.6) is 0 Å². The third-order valence-corrected chi connectivity index (χ3v) is 1.77. The molecular weight excluding hydrogens is 174 g/mol. The molecule has 0 unspecified atom stereocenters. The Morgan fingerprint density at radius 3 is 1.86 bits per heavy atom. The van der Waals surface area contributed by atoms with Crippen molar-refractivity contribution in [1.29, 1.82) is 0 Å². The number of carbonyl (C=O) groups excluding carboxylic acids is 1. The molecule has 0 aliphatic rings. The van der Waals surface area contributed by atoms with Crippen LogP contribution in [0.2, 0.25) is 0 Å². The molecule has 1 rings (SSSR count). The summed E-state index contributed by atoms with van der Waals surface area (Å²) in [6.45, 7) is 3.43. The van der Waals surface area contributed by atoms with E-state index in [0.717, 1.165) is 0 Å². The molecule has 0 atom stereocenters. The van der Waals surface area contributed by atoms with Gasteiger partial charge in [-0.1, -0.05) is 25.1 Å². The number of ketones is 1. The summed E-state index contributed by atoms with van der Waals surface area (Å²) in [7, 11) is 4.07. The van der Waals surface area contributed by atoms with Crippen LogP contribution >= 0.6 is 0 Å². The lowest BCUT2D eigenvalue weighted by atomic mass is 10.3. The lowest BCUT2D eigenvalue weighted by molar-refractivity contribution is -0.116. The Kier molecular flexibility index (Phi) is 6.46. The van der Waals surface area contributed by atoms with E-state index in [2.05, 4.69) is 17.0 Å². The van der Waals surface area contributed by atoms with Crippen LogP contribution in [0.25, 0.3) is 0 Å². The maximum absolute atomic E-state index is 9.81. The van der Waals surface area contributed by atoms with E-state index < -0.39 is 0 Å². The largest absolute Gasteiger partial charge is 0.378 e. The van der Waals surface area contributed by atoms with Crippen molar-refractivity contribution in [3.05, 3.63) is 30.3 Å². The summed E-state index contributed by atoms with van der Waals surface area (Å²) < 4.78 is 0. The number of carbonyl (C=O) groups is 1. The number of para-hydroxylation sites is 1. The molecule has 0 aromatic heterocycles. The summed E-state index contributed by atoms with van der Waals surface area (Å²) in [5.74, 6) is 0.255. The van der Waals surface area contributed by atoms with Gasteiger partial charge < -0.3 is 9.69 Å². The van der Waals surface area contributed by atoms with Crippen LogP contribution in [0, 0.1) is 0 Å². The molecule has 0 saturated heterocycles. The quantitative estimate of drug-likeness (QED) is 0.719. The zero-order valence-corrected chi connectivity index (χ0v) is 9.45. The van der Waals surface area contributed by atoms with Crippen LogP contribution in [-0.2, 0) is 4.79 Å². The minimum atomic E-state index is 0.255. The second kappa shape index (κ2) is 7.13. The van der Waals surface area contributed by atoms with Crippen LogP contribution in [0.1, 0.15) is 20.3 Å². The van der Waals surface area contributed by atoms with E-state index in [1.807, 2.05) is 39.2 Å². The summed E-state index contributed by atoms with van der Waals surface area (Å²) in [6.07, 6.45) is 0.667. The molecule has 0 aliphatic carbocycles. The monoisotopic (exact) mass is 193 g/mol. The van der Waals surface area contributed by atoms with Crippen molar-refractivity contribution in [1.82, 2.24) is 0 Å². The van der Waals surface area contributed by atoms with E-state index in [0.29, 0.717) is 6.42 Å². The Labute approximate surface area is 86.5 Å². The third-order valence-electron chi connectivity index (χ3n) is 1.77. The summed E-state index contributed by atoms with van der Waals surface area (Å²) >= 11 is 0. The van der Waals surface area contributed by atoms with Gasteiger partial charge in [-0.25, -0.2) is 0 Å². The smallest absolute Gasteiger partial charge is 0.129 e. The third kappa shape index (κ3) is 6.23. The van der Waals surface area contributed by atoms with Crippen molar-refractivity contribution in [3.8, 4) is 0 Å². The average Bonchev–Trinajstić information content (AvgIpc) is 2.20. The van der Waals surface area contributed by atoms with Crippen LogP contribution < -0.4 is 4.90 Å². The first kappa shape index (κ1) is 12.7. The predicted molar refractivity (Wildman–Crippen MR) is 61.7 cm³/mol. The standard InChI is InChI=1S/C8H11N.C4H8O/c1-9(2)8-6-4-3-5-7-8;1-3-4(2)5/h3-7H,1-2H3;3H2,1-2H3. The van der Waals surface area contributed by atoms with E-state index in [1.54, 1.807) is 6.92 Å². The lowest BCUT2D eigenvalue weighted by Crippen LogP contribution is -2.07. The highest BCUT2D eigenvalue weighted by Crippen LogP contribution is 2.07. The first-order chi connectivity index (χ1) is 6.57. The van der Waals surface area contributed by atoms with Crippen molar-refractivity contribution in [2.75, 3.05) is 19.0 Å². The fourth-order valence-electron chi connectivity index (χ4n) is 0.726. The Bertz CT molecular complexity index is 254. The molecular formula is C12H19NO. The molecule has 0 aliphatic heterocycles. The Hall–Kier alpha value is -1.31. The normalized spacial score (nSPS) is 8.57. The molecule has 0 spiro atoms. The zero-order valence-electron chi connectivity index (χ0n) is 9.45. The van der Waals surface area contributed by atoms with Crippen molar-refractivity contribution in [3.63, 3.8) is 0 Å². The van der Waals surface area contributed by atoms with Gasteiger partial charge >= 0.3 is 0 Å². The highest BCUT2D eigenvalue weighted by atomic mass is 16.1. The minimum absolute atomic E-state index is 0.255.